The van der Waals surface area contributed by atoms with E-state index in [2.05, 4.69) is 34.6 Å². The molecule has 0 bridgehead atoms. The molecule has 194 valence electrons. The van der Waals surface area contributed by atoms with E-state index in [9.17, 15) is 21.6 Å². The molecule has 4 rings (SSSR count). The van der Waals surface area contributed by atoms with E-state index < -0.39 is 28.3 Å². The predicted octanol–water partition coefficient (Wildman–Crippen LogP) is 2.64. The second kappa shape index (κ2) is 10.4. The summed E-state index contributed by atoms with van der Waals surface area (Å²) in [5, 5.41) is 8.26. The Morgan fingerprint density at radius 1 is 1.25 bits per heavy atom. The lowest BCUT2D eigenvalue weighted by atomic mass is 10.2. The maximum Gasteiger partial charge on any atom is 0.574 e. The van der Waals surface area contributed by atoms with Gasteiger partial charge in [0.25, 0.3) is 5.88 Å². The summed E-state index contributed by atoms with van der Waals surface area (Å²) in [6.07, 6.45) is -1.23. The molecule has 4 heterocycles. The van der Waals surface area contributed by atoms with Crippen LogP contribution in [-0.2, 0) is 21.2 Å². The number of hydrogen-bond acceptors (Lipinski definition) is 10. The van der Waals surface area contributed by atoms with Gasteiger partial charge in [0.15, 0.2) is 11.6 Å². The van der Waals surface area contributed by atoms with Gasteiger partial charge in [-0.1, -0.05) is 11.6 Å². The largest absolute Gasteiger partial charge is 0.574 e. The van der Waals surface area contributed by atoms with Crippen LogP contribution in [0.25, 0.3) is 11.4 Å². The summed E-state index contributed by atoms with van der Waals surface area (Å²) < 4.78 is 83.1. The first-order chi connectivity index (χ1) is 17.1. The zero-order valence-corrected chi connectivity index (χ0v) is 20.1. The van der Waals surface area contributed by atoms with Gasteiger partial charge in [-0.25, -0.2) is 23.4 Å². The second-order valence-corrected chi connectivity index (χ2v) is 9.65. The number of sulfonamides is 1. The summed E-state index contributed by atoms with van der Waals surface area (Å²) in [7, 11) is -3.97. The zero-order chi connectivity index (χ0) is 25.9. The van der Waals surface area contributed by atoms with Crippen LogP contribution in [0.15, 0.2) is 24.7 Å². The van der Waals surface area contributed by atoms with E-state index in [0.29, 0.717) is 11.6 Å². The fourth-order valence-electron chi connectivity index (χ4n) is 3.33. The summed E-state index contributed by atoms with van der Waals surface area (Å²) in [5.74, 6) is -1.36. The molecule has 0 amide bonds. The third-order valence-electron chi connectivity index (χ3n) is 4.84. The second-order valence-electron chi connectivity index (χ2n) is 7.37. The Balaban J connectivity index is 1.66. The number of rotatable bonds is 9. The number of aromatic nitrogens is 6. The van der Waals surface area contributed by atoms with Crippen LogP contribution in [0.1, 0.15) is 18.8 Å². The van der Waals surface area contributed by atoms with E-state index in [-0.39, 0.29) is 54.3 Å². The first-order valence-electron chi connectivity index (χ1n) is 10.4. The van der Waals surface area contributed by atoms with Gasteiger partial charge in [0.05, 0.1) is 29.0 Å². The number of pyridine rings is 1. The van der Waals surface area contributed by atoms with Gasteiger partial charge in [0, 0.05) is 31.6 Å². The van der Waals surface area contributed by atoms with Crippen molar-refractivity contribution in [2.45, 2.75) is 25.7 Å². The minimum absolute atomic E-state index is 0.00831. The van der Waals surface area contributed by atoms with Crippen molar-refractivity contribution in [3.8, 4) is 23.0 Å². The van der Waals surface area contributed by atoms with Gasteiger partial charge in [-0.3, -0.25) is 9.29 Å². The molecule has 0 aliphatic carbocycles. The summed E-state index contributed by atoms with van der Waals surface area (Å²) in [6.45, 7) is 1.91. The van der Waals surface area contributed by atoms with Crippen molar-refractivity contribution in [3.63, 3.8) is 0 Å². The molecule has 1 N–H and O–H groups in total. The molecule has 17 heteroatoms. The van der Waals surface area contributed by atoms with Crippen LogP contribution in [0, 0.1) is 0 Å². The highest BCUT2D eigenvalue weighted by Gasteiger charge is 2.37. The molecule has 3 aromatic heterocycles. The Labute approximate surface area is 207 Å². The Morgan fingerprint density at radius 3 is 2.69 bits per heavy atom. The van der Waals surface area contributed by atoms with E-state index in [4.69, 9.17) is 21.1 Å². The smallest absolute Gasteiger partial charge is 0.485 e. The molecule has 1 atom stereocenters. The highest BCUT2D eigenvalue weighted by Crippen LogP contribution is 2.42. The summed E-state index contributed by atoms with van der Waals surface area (Å²) in [4.78, 5) is 11.5. The Kier molecular flexibility index (Phi) is 7.46. The molecular formula is C19H19ClF3N7O5S. The van der Waals surface area contributed by atoms with Crippen LogP contribution in [0.2, 0.25) is 5.02 Å². The van der Waals surface area contributed by atoms with Crippen LogP contribution < -0.4 is 14.2 Å². The van der Waals surface area contributed by atoms with Crippen molar-refractivity contribution in [3.05, 3.63) is 35.5 Å². The monoisotopic (exact) mass is 549 g/mol. The van der Waals surface area contributed by atoms with Gasteiger partial charge >= 0.3 is 6.36 Å². The molecular weight excluding hydrogens is 531 g/mol. The lowest BCUT2D eigenvalue weighted by molar-refractivity contribution is -0.276. The van der Waals surface area contributed by atoms with Gasteiger partial charge < -0.3 is 14.2 Å². The minimum Gasteiger partial charge on any atom is -0.485 e. The molecule has 36 heavy (non-hydrogen) atoms. The van der Waals surface area contributed by atoms with E-state index >= 15 is 0 Å². The van der Waals surface area contributed by atoms with Crippen LogP contribution >= 0.6 is 11.6 Å². The van der Waals surface area contributed by atoms with Crippen molar-refractivity contribution < 1.29 is 35.8 Å². The van der Waals surface area contributed by atoms with Crippen molar-refractivity contribution in [2.24, 2.45) is 0 Å². The van der Waals surface area contributed by atoms with Crippen LogP contribution in [0.4, 0.5) is 19.1 Å². The SMILES string of the molecule is CCOC[C@@H]1COc2c(ccnc2OC(F)(F)F)-c2nnc(NS(=O)(=O)CCc3ncc(Cl)cn3)n21. The average Bonchev–Trinajstić information content (AvgIpc) is 3.13. The van der Waals surface area contributed by atoms with Gasteiger partial charge in [0.2, 0.25) is 16.0 Å². The first-order valence-corrected chi connectivity index (χ1v) is 12.5. The number of ether oxygens (including phenoxy) is 3. The summed E-state index contributed by atoms with van der Waals surface area (Å²) >= 11 is 5.74. The number of halogens is 4. The highest BCUT2D eigenvalue weighted by atomic mass is 35.5. The molecule has 3 aromatic rings. The predicted molar refractivity (Wildman–Crippen MR) is 119 cm³/mol. The van der Waals surface area contributed by atoms with E-state index in [1.807, 2.05) is 0 Å². The average molecular weight is 550 g/mol. The zero-order valence-electron chi connectivity index (χ0n) is 18.6. The van der Waals surface area contributed by atoms with Crippen LogP contribution in [0.5, 0.6) is 11.6 Å². The fraction of sp³-hybridized carbons (Fsp3) is 0.421. The van der Waals surface area contributed by atoms with Crippen molar-refractivity contribution in [1.82, 2.24) is 29.7 Å². The minimum atomic E-state index is -5.01. The molecule has 0 aromatic carbocycles. The van der Waals surface area contributed by atoms with Crippen molar-refractivity contribution in [1.29, 1.82) is 0 Å². The topological polar surface area (TPSA) is 143 Å². The number of aryl methyl sites for hydroxylation is 1. The molecule has 12 nitrogen and oxygen atoms in total. The van der Waals surface area contributed by atoms with Gasteiger partial charge in [-0.15, -0.1) is 23.4 Å². The lowest BCUT2D eigenvalue weighted by Gasteiger charge is -2.19. The first kappa shape index (κ1) is 25.8. The number of nitrogens with one attached hydrogen (secondary N) is 1. The van der Waals surface area contributed by atoms with Gasteiger partial charge in [-0.05, 0) is 13.0 Å². The van der Waals surface area contributed by atoms with Gasteiger partial charge in [0.1, 0.15) is 12.4 Å². The molecule has 0 unspecified atom stereocenters. The quantitative estimate of drug-likeness (QED) is 0.423. The molecule has 0 radical (unpaired) electrons. The van der Waals surface area contributed by atoms with Crippen LogP contribution in [0.3, 0.4) is 0 Å². The van der Waals surface area contributed by atoms with Gasteiger partial charge in [-0.2, -0.15) is 0 Å². The number of anilines is 1. The summed E-state index contributed by atoms with van der Waals surface area (Å²) in [6, 6.07) is 0.663. The number of alkyl halides is 3. The van der Waals surface area contributed by atoms with E-state index in [1.54, 1.807) is 6.92 Å². The standard InChI is InChI=1S/C19H19ClF3N7O5S/c1-2-33-9-12-10-34-15-13(3-5-24-17(15)35-19(21,22)23)16-27-28-18(30(12)16)29-36(31,32)6-4-14-25-7-11(20)8-26-14/h3,5,7-8,12H,2,4,6,9-10H2,1H3,(H,28,29)/t12-/m1/s1. The molecule has 0 fully saturated rings. The number of fused-ring (bicyclic) bond motifs is 3. The van der Waals surface area contributed by atoms with E-state index in [0.717, 1.165) is 6.20 Å². The normalized spacial score (nSPS) is 15.4. The molecule has 0 saturated heterocycles. The Bertz CT molecular complexity index is 1320. The summed E-state index contributed by atoms with van der Waals surface area (Å²) in [5.41, 5.74) is 0.0794. The van der Waals surface area contributed by atoms with Crippen molar-refractivity contribution in [2.75, 3.05) is 30.3 Å². The lowest BCUT2D eigenvalue weighted by Crippen LogP contribution is -2.26. The molecule has 1 aliphatic rings. The Hall–Kier alpha value is -3.24. The van der Waals surface area contributed by atoms with E-state index in [1.165, 1.54) is 23.0 Å². The third kappa shape index (κ3) is 6.11. The van der Waals surface area contributed by atoms with Crippen molar-refractivity contribution >= 4 is 27.6 Å². The Morgan fingerprint density at radius 2 is 2.00 bits per heavy atom. The fourth-order valence-corrected chi connectivity index (χ4v) is 4.40. The maximum absolute atomic E-state index is 12.9. The molecule has 0 spiro atoms. The third-order valence-corrected chi connectivity index (χ3v) is 6.27. The molecule has 0 saturated carbocycles. The maximum atomic E-state index is 12.9. The van der Waals surface area contributed by atoms with Crippen LogP contribution in [-0.4, -0.2) is 70.1 Å². The molecule has 1 aliphatic heterocycles. The number of nitrogens with zero attached hydrogens (tertiary/aromatic N) is 6. The number of hydrogen-bond donors (Lipinski definition) is 1. The highest BCUT2D eigenvalue weighted by molar-refractivity contribution is 7.92.